The zero-order chi connectivity index (χ0) is 22.8. The van der Waals surface area contributed by atoms with Crippen LogP contribution in [0.1, 0.15) is 39.4 Å². The lowest BCUT2D eigenvalue weighted by Crippen LogP contribution is -2.52. The number of hydrazine groups is 1. The molecular weight excluding hydrogens is 422 g/mol. The second-order valence-electron chi connectivity index (χ2n) is 7.54. The molecule has 0 saturated heterocycles. The van der Waals surface area contributed by atoms with Gasteiger partial charge in [-0.15, -0.1) is 0 Å². The van der Waals surface area contributed by atoms with Crippen LogP contribution in [-0.2, 0) is 0 Å². The Morgan fingerprint density at radius 2 is 1.82 bits per heavy atom. The molecule has 8 heteroatoms. The van der Waals surface area contributed by atoms with Gasteiger partial charge in [0.15, 0.2) is 11.5 Å². The summed E-state index contributed by atoms with van der Waals surface area (Å²) >= 11 is 0. The molecule has 0 spiro atoms. The molecule has 8 nitrogen and oxygen atoms in total. The van der Waals surface area contributed by atoms with Gasteiger partial charge in [0.25, 0.3) is 11.8 Å². The fraction of sp³-hybridized carbons (Fsp3) is 0.200. The highest BCUT2D eigenvalue weighted by Crippen LogP contribution is 2.37. The van der Waals surface area contributed by atoms with Crippen LogP contribution in [0.2, 0.25) is 0 Å². The molecule has 2 heterocycles. The summed E-state index contributed by atoms with van der Waals surface area (Å²) in [6, 6.07) is 19.6. The lowest BCUT2D eigenvalue weighted by atomic mass is 10.0. The molecule has 0 fully saturated rings. The molecule has 168 valence electrons. The third-order valence-electron chi connectivity index (χ3n) is 5.46. The van der Waals surface area contributed by atoms with Crippen LogP contribution in [0.15, 0.2) is 66.7 Å². The predicted octanol–water partition coefficient (Wildman–Crippen LogP) is 3.77. The minimum Gasteiger partial charge on any atom is -0.493 e. The Hall–Kier alpha value is -4.20. The molecule has 1 atom stereocenters. The predicted molar refractivity (Wildman–Crippen MR) is 121 cm³/mol. The minimum atomic E-state index is -0.661. The highest BCUT2D eigenvalue weighted by atomic mass is 16.6. The van der Waals surface area contributed by atoms with E-state index in [0.29, 0.717) is 53.9 Å². The Morgan fingerprint density at radius 1 is 1.06 bits per heavy atom. The van der Waals surface area contributed by atoms with Gasteiger partial charge in [-0.3, -0.25) is 15.0 Å². The van der Waals surface area contributed by atoms with Gasteiger partial charge in [0.2, 0.25) is 0 Å². The van der Waals surface area contributed by atoms with Crippen molar-refractivity contribution in [2.24, 2.45) is 0 Å². The van der Waals surface area contributed by atoms with Crippen LogP contribution >= 0.6 is 0 Å². The molecule has 0 unspecified atom stereocenters. The molecule has 5 rings (SSSR count). The Bertz CT molecular complexity index is 1210. The first-order chi connectivity index (χ1) is 16.2. The number of hydrogen-bond acceptors (Lipinski definition) is 6. The molecule has 2 aliphatic rings. The standard InChI is InChI=1S/C25H23N3O5/c1-2-31-20-10-6-4-8-18(20)24(29)27-28-23(26-19-9-5-3-7-17(19)25(28)30)16-11-12-21-22(15-16)33-14-13-32-21/h3-12,15,23,26H,2,13-14H2,1H3,(H,27,29)/t23-/m1/s1. The summed E-state index contributed by atoms with van der Waals surface area (Å²) in [6.07, 6.45) is -0.661. The van der Waals surface area contributed by atoms with Crippen molar-refractivity contribution in [3.05, 3.63) is 83.4 Å². The van der Waals surface area contributed by atoms with Crippen molar-refractivity contribution < 1.29 is 23.8 Å². The lowest BCUT2D eigenvalue weighted by Gasteiger charge is -2.38. The number of anilines is 1. The summed E-state index contributed by atoms with van der Waals surface area (Å²) in [5, 5.41) is 4.66. The molecule has 0 saturated carbocycles. The van der Waals surface area contributed by atoms with Crippen molar-refractivity contribution in [3.63, 3.8) is 0 Å². The van der Waals surface area contributed by atoms with Gasteiger partial charge in [-0.25, -0.2) is 5.01 Å². The summed E-state index contributed by atoms with van der Waals surface area (Å²) in [4.78, 5) is 26.7. The lowest BCUT2D eigenvalue weighted by molar-refractivity contribution is 0.0489. The van der Waals surface area contributed by atoms with Gasteiger partial charge in [-0.05, 0) is 43.3 Å². The van der Waals surface area contributed by atoms with Gasteiger partial charge in [-0.2, -0.15) is 0 Å². The van der Waals surface area contributed by atoms with Gasteiger partial charge in [-0.1, -0.05) is 30.3 Å². The number of nitrogens with zero attached hydrogens (tertiary/aromatic N) is 1. The van der Waals surface area contributed by atoms with E-state index in [1.54, 1.807) is 42.5 Å². The fourth-order valence-electron chi connectivity index (χ4n) is 3.94. The number of rotatable bonds is 5. The Labute approximate surface area is 191 Å². The van der Waals surface area contributed by atoms with Crippen LogP contribution in [0.4, 0.5) is 5.69 Å². The van der Waals surface area contributed by atoms with E-state index in [2.05, 4.69) is 10.7 Å². The van der Waals surface area contributed by atoms with E-state index < -0.39 is 12.1 Å². The first-order valence-corrected chi connectivity index (χ1v) is 10.8. The van der Waals surface area contributed by atoms with Crippen molar-refractivity contribution in [2.45, 2.75) is 13.1 Å². The number of ether oxygens (including phenoxy) is 3. The zero-order valence-electron chi connectivity index (χ0n) is 18.0. The molecule has 3 aromatic rings. The van der Waals surface area contributed by atoms with Gasteiger partial charge in [0, 0.05) is 11.3 Å². The van der Waals surface area contributed by atoms with E-state index in [-0.39, 0.29) is 5.91 Å². The number of carbonyl (C=O) groups excluding carboxylic acids is 2. The fourth-order valence-corrected chi connectivity index (χ4v) is 3.94. The maximum Gasteiger partial charge on any atom is 0.276 e. The van der Waals surface area contributed by atoms with E-state index in [0.717, 1.165) is 5.56 Å². The first-order valence-electron chi connectivity index (χ1n) is 10.8. The number of amides is 2. The van der Waals surface area contributed by atoms with E-state index in [1.807, 2.05) is 31.2 Å². The van der Waals surface area contributed by atoms with Gasteiger partial charge >= 0.3 is 0 Å². The number of para-hydroxylation sites is 2. The largest absolute Gasteiger partial charge is 0.493 e. The molecule has 0 aliphatic carbocycles. The Morgan fingerprint density at radius 3 is 2.67 bits per heavy atom. The van der Waals surface area contributed by atoms with Crippen LogP contribution in [0, 0.1) is 0 Å². The van der Waals surface area contributed by atoms with E-state index in [4.69, 9.17) is 14.2 Å². The topological polar surface area (TPSA) is 89.1 Å². The van der Waals surface area contributed by atoms with E-state index in [9.17, 15) is 9.59 Å². The monoisotopic (exact) mass is 445 g/mol. The summed E-state index contributed by atoms with van der Waals surface area (Å²) < 4.78 is 16.9. The van der Waals surface area contributed by atoms with Crippen LogP contribution in [0.3, 0.4) is 0 Å². The van der Waals surface area contributed by atoms with Gasteiger partial charge in [0.05, 0.1) is 17.7 Å². The molecule has 2 amide bonds. The van der Waals surface area contributed by atoms with Crippen molar-refractivity contribution in [2.75, 3.05) is 25.1 Å². The van der Waals surface area contributed by atoms with Gasteiger partial charge < -0.3 is 19.5 Å². The molecule has 2 aliphatic heterocycles. The Balaban J connectivity index is 1.52. The highest BCUT2D eigenvalue weighted by molar-refractivity contribution is 6.04. The van der Waals surface area contributed by atoms with Crippen LogP contribution in [-0.4, -0.2) is 36.6 Å². The normalized spacial score (nSPS) is 16.5. The summed E-state index contributed by atoms with van der Waals surface area (Å²) in [5.74, 6) is 0.919. The summed E-state index contributed by atoms with van der Waals surface area (Å²) in [6.45, 7) is 3.20. The third-order valence-corrected chi connectivity index (χ3v) is 5.46. The number of fused-ring (bicyclic) bond motifs is 2. The first kappa shape index (κ1) is 20.7. The average Bonchev–Trinajstić information content (AvgIpc) is 2.86. The number of carbonyl (C=O) groups is 2. The quantitative estimate of drug-likeness (QED) is 0.622. The molecule has 2 N–H and O–H groups in total. The van der Waals surface area contributed by atoms with Gasteiger partial charge in [0.1, 0.15) is 25.1 Å². The smallest absolute Gasteiger partial charge is 0.276 e. The highest BCUT2D eigenvalue weighted by Gasteiger charge is 2.35. The third kappa shape index (κ3) is 3.91. The number of hydrogen-bond donors (Lipinski definition) is 2. The average molecular weight is 445 g/mol. The molecule has 0 aromatic heterocycles. The summed E-state index contributed by atoms with van der Waals surface area (Å²) in [7, 11) is 0. The molecule has 0 bridgehead atoms. The van der Waals surface area contributed by atoms with E-state index in [1.165, 1.54) is 5.01 Å². The second kappa shape index (κ2) is 8.74. The number of benzene rings is 3. The van der Waals surface area contributed by atoms with Crippen molar-refractivity contribution in [3.8, 4) is 17.2 Å². The maximum atomic E-state index is 13.5. The van der Waals surface area contributed by atoms with E-state index >= 15 is 0 Å². The molecule has 33 heavy (non-hydrogen) atoms. The van der Waals surface area contributed by atoms with Crippen molar-refractivity contribution in [1.29, 1.82) is 0 Å². The van der Waals surface area contributed by atoms with Crippen LogP contribution in [0.25, 0.3) is 0 Å². The molecular formula is C25H23N3O5. The SMILES string of the molecule is CCOc1ccccc1C(=O)NN1C(=O)c2ccccc2N[C@H]1c1ccc2c(c1)OCCO2. The Kier molecular flexibility index (Phi) is 5.48. The maximum absolute atomic E-state index is 13.5. The second-order valence-corrected chi connectivity index (χ2v) is 7.54. The van der Waals surface area contributed by atoms with Crippen LogP contribution in [0.5, 0.6) is 17.2 Å². The zero-order valence-corrected chi connectivity index (χ0v) is 18.0. The number of nitrogens with one attached hydrogen (secondary N) is 2. The molecule has 3 aromatic carbocycles. The van der Waals surface area contributed by atoms with Crippen LogP contribution < -0.4 is 25.0 Å². The van der Waals surface area contributed by atoms with Crippen molar-refractivity contribution >= 4 is 17.5 Å². The summed E-state index contributed by atoms with van der Waals surface area (Å²) in [5.41, 5.74) is 5.01. The minimum absolute atomic E-state index is 0.327. The molecule has 0 radical (unpaired) electrons. The van der Waals surface area contributed by atoms with Crippen molar-refractivity contribution in [1.82, 2.24) is 10.4 Å².